The van der Waals surface area contributed by atoms with E-state index in [2.05, 4.69) is 19.2 Å². The average molecular weight is 214 g/mol. The van der Waals surface area contributed by atoms with Gasteiger partial charge in [-0.2, -0.15) is 0 Å². The molecule has 0 heterocycles. The lowest BCUT2D eigenvalue weighted by Crippen LogP contribution is -2.33. The first kappa shape index (κ1) is 11.3. The fourth-order valence-electron chi connectivity index (χ4n) is 1.30. The number of benzene rings is 1. The van der Waals surface area contributed by atoms with Crippen molar-refractivity contribution in [2.45, 2.75) is 19.4 Å². The van der Waals surface area contributed by atoms with E-state index in [1.807, 2.05) is 25.2 Å². The number of rotatable bonds is 3. The van der Waals surface area contributed by atoms with Gasteiger partial charge in [-0.3, -0.25) is 0 Å². The van der Waals surface area contributed by atoms with E-state index in [-0.39, 0.29) is 5.54 Å². The Bertz CT molecular complexity index is 323. The smallest absolute Gasteiger partial charge is 0.124 e. The second-order valence-electron chi connectivity index (χ2n) is 3.72. The van der Waals surface area contributed by atoms with E-state index in [0.29, 0.717) is 0 Å². The second-order valence-corrected chi connectivity index (χ2v) is 4.16. The van der Waals surface area contributed by atoms with Crippen LogP contribution < -0.4 is 10.1 Å². The van der Waals surface area contributed by atoms with E-state index in [1.54, 1.807) is 7.11 Å². The molecule has 0 spiro atoms. The van der Waals surface area contributed by atoms with Crippen molar-refractivity contribution < 1.29 is 4.74 Å². The fraction of sp³-hybridized carbons (Fsp3) is 0.455. The van der Waals surface area contributed by atoms with Gasteiger partial charge in [-0.25, -0.2) is 0 Å². The van der Waals surface area contributed by atoms with Crippen molar-refractivity contribution in [3.8, 4) is 5.75 Å². The molecule has 2 nitrogen and oxygen atoms in total. The molecular formula is C11H16ClNO. The summed E-state index contributed by atoms with van der Waals surface area (Å²) in [5.74, 6) is 0.855. The van der Waals surface area contributed by atoms with Crippen molar-refractivity contribution >= 4 is 11.6 Å². The van der Waals surface area contributed by atoms with Crippen molar-refractivity contribution in [2.75, 3.05) is 14.2 Å². The molecular weight excluding hydrogens is 198 g/mol. The molecule has 0 aliphatic carbocycles. The molecule has 0 aliphatic rings. The van der Waals surface area contributed by atoms with Crippen LogP contribution in [0.25, 0.3) is 0 Å². The Morgan fingerprint density at radius 3 is 2.50 bits per heavy atom. The van der Waals surface area contributed by atoms with Crippen LogP contribution in [0, 0.1) is 0 Å². The second kappa shape index (κ2) is 4.20. The fourth-order valence-corrected chi connectivity index (χ4v) is 1.48. The zero-order valence-electron chi connectivity index (χ0n) is 9.02. The van der Waals surface area contributed by atoms with Gasteiger partial charge in [0.2, 0.25) is 0 Å². The summed E-state index contributed by atoms with van der Waals surface area (Å²) in [4.78, 5) is 0. The van der Waals surface area contributed by atoms with Crippen LogP contribution >= 0.6 is 11.6 Å². The maximum Gasteiger partial charge on any atom is 0.124 e. The summed E-state index contributed by atoms with van der Waals surface area (Å²) in [6.45, 7) is 4.17. The Morgan fingerprint density at radius 1 is 1.36 bits per heavy atom. The summed E-state index contributed by atoms with van der Waals surface area (Å²) in [5.41, 5.74) is 0.922. The molecule has 1 aromatic rings. The van der Waals surface area contributed by atoms with Crippen LogP contribution in [-0.4, -0.2) is 14.2 Å². The van der Waals surface area contributed by atoms with Gasteiger partial charge in [0.15, 0.2) is 0 Å². The Labute approximate surface area is 90.2 Å². The lowest BCUT2D eigenvalue weighted by Gasteiger charge is -2.26. The van der Waals surface area contributed by atoms with E-state index in [0.717, 1.165) is 16.3 Å². The van der Waals surface area contributed by atoms with Gasteiger partial charge in [0.05, 0.1) is 7.11 Å². The van der Waals surface area contributed by atoms with Crippen LogP contribution in [0.1, 0.15) is 19.4 Å². The van der Waals surface area contributed by atoms with Crippen molar-refractivity contribution in [1.82, 2.24) is 5.32 Å². The molecule has 0 amide bonds. The van der Waals surface area contributed by atoms with Gasteiger partial charge in [0.25, 0.3) is 0 Å². The Balaban J connectivity index is 3.23. The molecule has 0 aliphatic heterocycles. The molecule has 0 saturated carbocycles. The van der Waals surface area contributed by atoms with Gasteiger partial charge in [-0.05, 0) is 39.1 Å². The van der Waals surface area contributed by atoms with Crippen molar-refractivity contribution in [2.24, 2.45) is 0 Å². The lowest BCUT2D eigenvalue weighted by molar-refractivity contribution is 0.375. The molecule has 3 heteroatoms. The summed E-state index contributed by atoms with van der Waals surface area (Å²) in [7, 11) is 3.58. The predicted octanol–water partition coefficient (Wildman–Crippen LogP) is 2.80. The van der Waals surface area contributed by atoms with Crippen LogP contribution in [-0.2, 0) is 5.54 Å². The largest absolute Gasteiger partial charge is 0.496 e. The van der Waals surface area contributed by atoms with Gasteiger partial charge in [0, 0.05) is 16.1 Å². The molecule has 0 aromatic heterocycles. The van der Waals surface area contributed by atoms with Crippen LogP contribution in [0.2, 0.25) is 5.02 Å². The normalized spacial score (nSPS) is 11.5. The number of hydrogen-bond donors (Lipinski definition) is 1. The summed E-state index contributed by atoms with van der Waals surface area (Å²) >= 11 is 5.95. The van der Waals surface area contributed by atoms with Gasteiger partial charge >= 0.3 is 0 Å². The first-order valence-corrected chi connectivity index (χ1v) is 4.92. The molecule has 0 unspecified atom stereocenters. The molecule has 78 valence electrons. The van der Waals surface area contributed by atoms with Gasteiger partial charge in [0.1, 0.15) is 5.75 Å². The number of nitrogens with one attached hydrogen (secondary N) is 1. The standard InChI is InChI=1S/C11H16ClNO/c1-11(2,13-3)9-7-8(12)5-6-10(9)14-4/h5-7,13H,1-4H3. The van der Waals surface area contributed by atoms with Gasteiger partial charge < -0.3 is 10.1 Å². The topological polar surface area (TPSA) is 21.3 Å². The molecule has 0 bridgehead atoms. The van der Waals surface area contributed by atoms with Gasteiger partial charge in [-0.15, -0.1) is 0 Å². The van der Waals surface area contributed by atoms with Crippen molar-refractivity contribution in [1.29, 1.82) is 0 Å². The molecule has 0 fully saturated rings. The summed E-state index contributed by atoms with van der Waals surface area (Å²) in [5, 5.41) is 3.95. The highest BCUT2D eigenvalue weighted by Crippen LogP contribution is 2.31. The van der Waals surface area contributed by atoms with E-state index in [1.165, 1.54) is 0 Å². The number of ether oxygens (including phenoxy) is 1. The quantitative estimate of drug-likeness (QED) is 0.834. The highest BCUT2D eigenvalue weighted by molar-refractivity contribution is 6.30. The summed E-state index contributed by atoms with van der Waals surface area (Å²) < 4.78 is 5.29. The number of methoxy groups -OCH3 is 1. The molecule has 0 radical (unpaired) electrons. The SMILES string of the molecule is CNC(C)(C)c1cc(Cl)ccc1OC. The number of hydrogen-bond acceptors (Lipinski definition) is 2. The highest BCUT2D eigenvalue weighted by atomic mass is 35.5. The van der Waals surface area contributed by atoms with Crippen molar-refractivity contribution in [3.63, 3.8) is 0 Å². The minimum atomic E-state index is -0.143. The zero-order valence-corrected chi connectivity index (χ0v) is 9.77. The maximum absolute atomic E-state index is 5.95. The molecule has 1 N–H and O–H groups in total. The number of halogens is 1. The zero-order chi connectivity index (χ0) is 10.8. The van der Waals surface area contributed by atoms with Crippen LogP contribution in [0.5, 0.6) is 5.75 Å². The highest BCUT2D eigenvalue weighted by Gasteiger charge is 2.22. The third-order valence-corrected chi connectivity index (χ3v) is 2.69. The van der Waals surface area contributed by atoms with E-state index in [4.69, 9.17) is 16.3 Å². The third-order valence-electron chi connectivity index (χ3n) is 2.46. The van der Waals surface area contributed by atoms with Crippen LogP contribution in [0.4, 0.5) is 0 Å². The Kier molecular flexibility index (Phi) is 3.40. The maximum atomic E-state index is 5.95. The molecule has 0 saturated heterocycles. The minimum Gasteiger partial charge on any atom is -0.496 e. The Morgan fingerprint density at radius 2 is 2.00 bits per heavy atom. The van der Waals surface area contributed by atoms with Gasteiger partial charge in [-0.1, -0.05) is 11.6 Å². The molecule has 0 atom stereocenters. The average Bonchev–Trinajstić information content (AvgIpc) is 2.18. The molecule has 1 aromatic carbocycles. The lowest BCUT2D eigenvalue weighted by atomic mass is 9.93. The molecule has 14 heavy (non-hydrogen) atoms. The minimum absolute atomic E-state index is 0.143. The third kappa shape index (κ3) is 2.20. The molecule has 1 rings (SSSR count). The van der Waals surface area contributed by atoms with E-state index >= 15 is 0 Å². The monoisotopic (exact) mass is 213 g/mol. The van der Waals surface area contributed by atoms with E-state index in [9.17, 15) is 0 Å². The van der Waals surface area contributed by atoms with Crippen LogP contribution in [0.15, 0.2) is 18.2 Å². The first-order valence-electron chi connectivity index (χ1n) is 4.54. The summed E-state index contributed by atoms with van der Waals surface area (Å²) in [6.07, 6.45) is 0. The predicted molar refractivity (Wildman–Crippen MR) is 60.1 cm³/mol. The summed E-state index contributed by atoms with van der Waals surface area (Å²) in [6, 6.07) is 5.64. The van der Waals surface area contributed by atoms with E-state index < -0.39 is 0 Å². The van der Waals surface area contributed by atoms with Crippen molar-refractivity contribution in [3.05, 3.63) is 28.8 Å². The van der Waals surface area contributed by atoms with Crippen LogP contribution in [0.3, 0.4) is 0 Å². The first-order chi connectivity index (χ1) is 6.51. The Hall–Kier alpha value is -0.730.